The quantitative estimate of drug-likeness (QED) is 0.830. The molecule has 3 heteroatoms. The fourth-order valence-electron chi connectivity index (χ4n) is 2.85. The second kappa shape index (κ2) is 4.81. The molecule has 0 saturated heterocycles. The van der Waals surface area contributed by atoms with Crippen LogP contribution in [0, 0.1) is 5.92 Å². The summed E-state index contributed by atoms with van der Waals surface area (Å²) >= 11 is 0. The molecule has 0 aromatic heterocycles. The minimum absolute atomic E-state index is 0.770. The van der Waals surface area contributed by atoms with Gasteiger partial charge in [-0.1, -0.05) is 0 Å². The second-order valence-electron chi connectivity index (χ2n) is 5.61. The van der Waals surface area contributed by atoms with Crippen molar-refractivity contribution < 1.29 is 4.74 Å². The average Bonchev–Trinajstić information content (AvgIpc) is 3.18. The Labute approximate surface area is 109 Å². The van der Waals surface area contributed by atoms with Crippen molar-refractivity contribution in [2.45, 2.75) is 25.7 Å². The molecule has 1 fully saturated rings. The first kappa shape index (κ1) is 11.8. The minimum atomic E-state index is 0.770. The van der Waals surface area contributed by atoms with Crippen molar-refractivity contribution in [1.29, 1.82) is 0 Å². The molecule has 1 heterocycles. The highest BCUT2D eigenvalue weighted by Crippen LogP contribution is 2.32. The van der Waals surface area contributed by atoms with E-state index in [9.17, 15) is 0 Å². The lowest BCUT2D eigenvalue weighted by molar-refractivity contribution is 0.276. The number of rotatable bonds is 3. The van der Waals surface area contributed by atoms with Crippen LogP contribution in [0.25, 0.3) is 0 Å². The lowest BCUT2D eigenvalue weighted by Gasteiger charge is -2.18. The van der Waals surface area contributed by atoms with Crippen LogP contribution < -0.4 is 10.5 Å². The number of nitrogens with two attached hydrogens (primary N) is 1. The molecule has 0 amide bonds. The summed E-state index contributed by atoms with van der Waals surface area (Å²) in [6.07, 6.45) is 5.11. The maximum absolute atomic E-state index is 5.99. The van der Waals surface area contributed by atoms with Crippen LogP contribution >= 0.6 is 0 Å². The van der Waals surface area contributed by atoms with Crippen molar-refractivity contribution in [1.82, 2.24) is 4.90 Å². The second-order valence-corrected chi connectivity index (χ2v) is 5.61. The SMILES string of the molecule is COc1cc2c(cc1N)CCN(CC1CC1)CC2. The smallest absolute Gasteiger partial charge is 0.142 e. The van der Waals surface area contributed by atoms with E-state index in [4.69, 9.17) is 10.5 Å². The Morgan fingerprint density at radius 1 is 1.22 bits per heavy atom. The first-order valence-electron chi connectivity index (χ1n) is 6.94. The zero-order valence-corrected chi connectivity index (χ0v) is 11.1. The van der Waals surface area contributed by atoms with E-state index >= 15 is 0 Å². The molecule has 0 radical (unpaired) electrons. The van der Waals surface area contributed by atoms with Crippen LogP contribution in [0.1, 0.15) is 24.0 Å². The zero-order valence-electron chi connectivity index (χ0n) is 11.1. The standard InChI is InChI=1S/C15H22N2O/c1-18-15-9-13-5-7-17(10-11-2-3-11)6-4-12(13)8-14(15)16/h8-9,11H,2-7,10,16H2,1H3. The molecule has 0 spiro atoms. The molecule has 1 aliphatic carbocycles. The van der Waals surface area contributed by atoms with Gasteiger partial charge in [0.1, 0.15) is 5.75 Å². The molecular formula is C15H22N2O. The van der Waals surface area contributed by atoms with Crippen LogP contribution in [0.4, 0.5) is 5.69 Å². The third kappa shape index (κ3) is 2.46. The molecular weight excluding hydrogens is 224 g/mol. The average molecular weight is 246 g/mol. The largest absolute Gasteiger partial charge is 0.495 e. The highest BCUT2D eigenvalue weighted by molar-refractivity contribution is 5.57. The number of nitrogen functional groups attached to an aromatic ring is 1. The molecule has 1 aromatic carbocycles. The van der Waals surface area contributed by atoms with Gasteiger partial charge in [-0.05, 0) is 54.9 Å². The Balaban J connectivity index is 1.75. The fourth-order valence-corrected chi connectivity index (χ4v) is 2.85. The summed E-state index contributed by atoms with van der Waals surface area (Å²) in [7, 11) is 1.69. The van der Waals surface area contributed by atoms with Gasteiger partial charge in [-0.25, -0.2) is 0 Å². The predicted octanol–water partition coefficient (Wildman–Crippen LogP) is 2.09. The summed E-state index contributed by atoms with van der Waals surface area (Å²) in [6.45, 7) is 3.65. The van der Waals surface area contributed by atoms with Crippen LogP contribution in [0.15, 0.2) is 12.1 Å². The Hall–Kier alpha value is -1.22. The lowest BCUT2D eigenvalue weighted by Crippen LogP contribution is -2.28. The van der Waals surface area contributed by atoms with Gasteiger partial charge in [0.2, 0.25) is 0 Å². The van der Waals surface area contributed by atoms with Gasteiger partial charge in [0, 0.05) is 19.6 Å². The van der Waals surface area contributed by atoms with Crippen LogP contribution in [-0.2, 0) is 12.8 Å². The molecule has 2 aliphatic rings. The van der Waals surface area contributed by atoms with Gasteiger partial charge >= 0.3 is 0 Å². The normalized spacial score (nSPS) is 20.3. The predicted molar refractivity (Wildman–Crippen MR) is 74.0 cm³/mol. The van der Waals surface area contributed by atoms with E-state index in [1.54, 1.807) is 7.11 Å². The van der Waals surface area contributed by atoms with E-state index < -0.39 is 0 Å². The first-order valence-corrected chi connectivity index (χ1v) is 6.94. The number of hydrogen-bond acceptors (Lipinski definition) is 3. The maximum atomic E-state index is 5.99. The molecule has 2 N–H and O–H groups in total. The Bertz CT molecular complexity index is 440. The molecule has 1 aromatic rings. The third-order valence-electron chi connectivity index (χ3n) is 4.16. The van der Waals surface area contributed by atoms with Gasteiger partial charge in [-0.15, -0.1) is 0 Å². The third-order valence-corrected chi connectivity index (χ3v) is 4.16. The van der Waals surface area contributed by atoms with Gasteiger partial charge in [0.05, 0.1) is 12.8 Å². The topological polar surface area (TPSA) is 38.5 Å². The Kier molecular flexibility index (Phi) is 3.16. The van der Waals surface area contributed by atoms with Crippen molar-refractivity contribution in [3.8, 4) is 5.75 Å². The monoisotopic (exact) mass is 246 g/mol. The highest BCUT2D eigenvalue weighted by Gasteiger charge is 2.25. The summed E-state index contributed by atoms with van der Waals surface area (Å²) < 4.78 is 5.31. The van der Waals surface area contributed by atoms with E-state index in [0.29, 0.717) is 0 Å². The molecule has 18 heavy (non-hydrogen) atoms. The summed E-state index contributed by atoms with van der Waals surface area (Å²) in [4.78, 5) is 2.61. The molecule has 0 bridgehead atoms. The fraction of sp³-hybridized carbons (Fsp3) is 0.600. The van der Waals surface area contributed by atoms with Crippen LogP contribution in [-0.4, -0.2) is 31.6 Å². The number of benzene rings is 1. The van der Waals surface area contributed by atoms with Gasteiger partial charge in [-0.3, -0.25) is 0 Å². The molecule has 1 aliphatic heterocycles. The van der Waals surface area contributed by atoms with Gasteiger partial charge in [0.25, 0.3) is 0 Å². The van der Waals surface area contributed by atoms with Crippen LogP contribution in [0.5, 0.6) is 5.75 Å². The van der Waals surface area contributed by atoms with Crippen molar-refractivity contribution in [2.24, 2.45) is 5.92 Å². The molecule has 0 unspecified atom stereocenters. The van der Waals surface area contributed by atoms with Crippen molar-refractivity contribution in [2.75, 3.05) is 32.5 Å². The molecule has 1 saturated carbocycles. The van der Waals surface area contributed by atoms with E-state index in [1.165, 1.54) is 43.6 Å². The minimum Gasteiger partial charge on any atom is -0.495 e. The number of anilines is 1. The lowest BCUT2D eigenvalue weighted by atomic mass is 10.0. The van der Waals surface area contributed by atoms with Crippen LogP contribution in [0.2, 0.25) is 0 Å². The Morgan fingerprint density at radius 3 is 2.50 bits per heavy atom. The summed E-state index contributed by atoms with van der Waals surface area (Å²) in [5.41, 5.74) is 9.59. The van der Waals surface area contributed by atoms with Gasteiger partial charge < -0.3 is 15.4 Å². The Morgan fingerprint density at radius 2 is 1.89 bits per heavy atom. The summed E-state index contributed by atoms with van der Waals surface area (Å²) in [6, 6.07) is 4.24. The summed E-state index contributed by atoms with van der Waals surface area (Å²) in [5.74, 6) is 1.80. The number of fused-ring (bicyclic) bond motifs is 1. The zero-order chi connectivity index (χ0) is 12.5. The number of hydrogen-bond donors (Lipinski definition) is 1. The molecule has 0 atom stereocenters. The summed E-state index contributed by atoms with van der Waals surface area (Å²) in [5, 5.41) is 0. The van der Waals surface area contributed by atoms with Gasteiger partial charge in [0.15, 0.2) is 0 Å². The molecule has 3 rings (SSSR count). The number of nitrogens with zero attached hydrogens (tertiary/aromatic N) is 1. The van der Waals surface area contributed by atoms with Gasteiger partial charge in [-0.2, -0.15) is 0 Å². The number of ether oxygens (including phenoxy) is 1. The molecule has 3 nitrogen and oxygen atoms in total. The molecule has 98 valence electrons. The van der Waals surface area contributed by atoms with E-state index in [1.807, 2.05) is 0 Å². The number of methoxy groups -OCH3 is 1. The maximum Gasteiger partial charge on any atom is 0.142 e. The van der Waals surface area contributed by atoms with Crippen LogP contribution in [0.3, 0.4) is 0 Å². The van der Waals surface area contributed by atoms with E-state index in [0.717, 1.165) is 30.2 Å². The van der Waals surface area contributed by atoms with Crippen molar-refractivity contribution >= 4 is 5.69 Å². The highest BCUT2D eigenvalue weighted by atomic mass is 16.5. The van der Waals surface area contributed by atoms with Crippen molar-refractivity contribution in [3.05, 3.63) is 23.3 Å². The first-order chi connectivity index (χ1) is 8.76. The van der Waals surface area contributed by atoms with Crippen molar-refractivity contribution in [3.63, 3.8) is 0 Å². The van der Waals surface area contributed by atoms with E-state index in [-0.39, 0.29) is 0 Å². The van der Waals surface area contributed by atoms with E-state index in [2.05, 4.69) is 17.0 Å².